The van der Waals surface area contributed by atoms with E-state index >= 15 is 0 Å². The van der Waals surface area contributed by atoms with Crippen LogP contribution in [0.4, 0.5) is 0 Å². The van der Waals surface area contributed by atoms with Gasteiger partial charge >= 0.3 is 5.97 Å². The monoisotopic (exact) mass is 718 g/mol. The van der Waals surface area contributed by atoms with E-state index in [0.29, 0.717) is 0 Å². The Kier molecular flexibility index (Phi) is 12.4. The fourth-order valence-electron chi connectivity index (χ4n) is 5.75. The number of alkyl halides is 3. The zero-order chi connectivity index (χ0) is 34.2. The summed E-state index contributed by atoms with van der Waals surface area (Å²) in [6.45, 7) is 7.69. The van der Waals surface area contributed by atoms with Crippen LogP contribution in [0.5, 0.6) is 0 Å². The zero-order valence-corrected chi connectivity index (χ0v) is 29.7. The molecule has 1 saturated heterocycles. The number of rotatable bonds is 11. The van der Waals surface area contributed by atoms with Crippen LogP contribution in [-0.2, 0) is 34.8 Å². The molecule has 0 aliphatic carbocycles. The third kappa shape index (κ3) is 8.87. The Labute approximate surface area is 290 Å². The van der Waals surface area contributed by atoms with Crippen LogP contribution < -0.4 is 10.4 Å². The van der Waals surface area contributed by atoms with Gasteiger partial charge in [0.25, 0.3) is 12.1 Å². The quantitative estimate of drug-likeness (QED) is 0.0337. The van der Waals surface area contributed by atoms with Crippen molar-refractivity contribution < 1.29 is 28.2 Å². The van der Waals surface area contributed by atoms with E-state index in [9.17, 15) is 10.3 Å². The second-order valence-electron chi connectivity index (χ2n) is 12.0. The van der Waals surface area contributed by atoms with Gasteiger partial charge in [0, 0.05) is 11.8 Å². The Bertz CT molecular complexity index is 1500. The number of ether oxygens (including phenoxy) is 4. The maximum absolute atomic E-state index is 12.5. The standard InChI is InChI=1S/C33H37Cl3N4O6Si/c1-22(41)44-29-27(39-40-38)30(46-31(37)33(34,35)36)45-26(28(29)42-20-23-14-8-5-9-15-23)21-43-47(32(2,3)4,24-16-10-6-11-17-24)25-18-12-7-13-19-25/h5-19,26-30,37H,20-21H2,1-4H3/t26-,27-,28+,29-,30?/m1/s1. The molecule has 0 spiro atoms. The molecule has 1 aliphatic rings. The van der Waals surface area contributed by atoms with Gasteiger partial charge in [-0.25, -0.2) is 0 Å². The summed E-state index contributed by atoms with van der Waals surface area (Å²) in [5.74, 6) is -1.44. The highest BCUT2D eigenvalue weighted by atomic mass is 35.6. The van der Waals surface area contributed by atoms with E-state index in [0.717, 1.165) is 15.9 Å². The predicted octanol–water partition coefficient (Wildman–Crippen LogP) is 6.85. The highest BCUT2D eigenvalue weighted by Gasteiger charge is 2.54. The minimum Gasteiger partial charge on any atom is -0.459 e. The van der Waals surface area contributed by atoms with Gasteiger partial charge in [0.2, 0.25) is 12.2 Å². The molecule has 3 aromatic carbocycles. The molecule has 1 aliphatic heterocycles. The molecule has 1 fully saturated rings. The molecule has 47 heavy (non-hydrogen) atoms. The Morgan fingerprint density at radius 2 is 1.45 bits per heavy atom. The van der Waals surface area contributed by atoms with Gasteiger partial charge in [-0.3, -0.25) is 10.2 Å². The van der Waals surface area contributed by atoms with Gasteiger partial charge < -0.3 is 23.4 Å². The number of hydrogen-bond acceptors (Lipinski definition) is 8. The van der Waals surface area contributed by atoms with Crippen molar-refractivity contribution in [3.05, 3.63) is 107 Å². The third-order valence-corrected chi connectivity index (χ3v) is 13.3. The van der Waals surface area contributed by atoms with Crippen molar-refractivity contribution in [2.75, 3.05) is 6.61 Å². The summed E-state index contributed by atoms with van der Waals surface area (Å²) in [6.07, 6.45) is -4.69. The number of azide groups is 1. The second kappa shape index (κ2) is 15.8. The summed E-state index contributed by atoms with van der Waals surface area (Å²) in [5.41, 5.74) is 10.4. The molecule has 0 radical (unpaired) electrons. The van der Waals surface area contributed by atoms with Crippen molar-refractivity contribution in [1.29, 1.82) is 5.41 Å². The largest absolute Gasteiger partial charge is 0.459 e. The Hall–Kier alpha value is -3.12. The van der Waals surface area contributed by atoms with Gasteiger partial charge in [-0.1, -0.05) is 152 Å². The van der Waals surface area contributed by atoms with Crippen LogP contribution in [0.2, 0.25) is 5.04 Å². The molecule has 14 heteroatoms. The summed E-state index contributed by atoms with van der Waals surface area (Å²) in [4.78, 5) is 15.4. The number of benzene rings is 3. The number of hydrogen-bond donors (Lipinski definition) is 1. The van der Waals surface area contributed by atoms with Crippen LogP contribution >= 0.6 is 34.8 Å². The lowest BCUT2D eigenvalue weighted by Gasteiger charge is -2.47. The first-order valence-corrected chi connectivity index (χ1v) is 17.9. The Balaban J connectivity index is 1.82. The van der Waals surface area contributed by atoms with Gasteiger partial charge in [0.15, 0.2) is 0 Å². The topological polar surface area (TPSA) is 136 Å². The number of nitrogens with zero attached hydrogens (tertiary/aromatic N) is 3. The first-order valence-electron chi connectivity index (χ1n) is 14.9. The van der Waals surface area contributed by atoms with Gasteiger partial charge in [0.1, 0.15) is 24.4 Å². The average Bonchev–Trinajstić information content (AvgIpc) is 3.02. The summed E-state index contributed by atoms with van der Waals surface area (Å²) in [7, 11) is -3.09. The molecule has 1 heterocycles. The van der Waals surface area contributed by atoms with Crippen molar-refractivity contribution in [3.63, 3.8) is 0 Å². The molecule has 0 amide bonds. The number of carbonyl (C=O) groups is 1. The third-order valence-electron chi connectivity index (χ3n) is 7.76. The van der Waals surface area contributed by atoms with Crippen molar-refractivity contribution >= 4 is 65.4 Å². The zero-order valence-electron chi connectivity index (χ0n) is 26.4. The second-order valence-corrected chi connectivity index (χ2v) is 18.6. The molecule has 1 N–H and O–H groups in total. The van der Waals surface area contributed by atoms with Gasteiger partial charge in [-0.15, -0.1) is 0 Å². The average molecular weight is 720 g/mol. The van der Waals surface area contributed by atoms with E-state index in [4.69, 9.17) is 63.6 Å². The highest BCUT2D eigenvalue weighted by Crippen LogP contribution is 2.39. The van der Waals surface area contributed by atoms with E-state index < -0.39 is 54.6 Å². The number of carbonyl (C=O) groups excluding carboxylic acids is 1. The minimum absolute atomic E-state index is 0.0611. The van der Waals surface area contributed by atoms with Crippen LogP contribution in [-0.4, -0.2) is 61.2 Å². The van der Waals surface area contributed by atoms with Crippen LogP contribution in [0.3, 0.4) is 0 Å². The van der Waals surface area contributed by atoms with Gasteiger partial charge in [-0.2, -0.15) is 0 Å². The molecule has 0 aromatic heterocycles. The summed E-state index contributed by atoms with van der Waals surface area (Å²) in [6, 6.07) is 28.1. The van der Waals surface area contributed by atoms with Crippen molar-refractivity contribution in [2.45, 2.75) is 73.8 Å². The van der Waals surface area contributed by atoms with Crippen LogP contribution in [0.25, 0.3) is 10.4 Å². The molecular weight excluding hydrogens is 683 g/mol. The first kappa shape index (κ1) is 36.7. The van der Waals surface area contributed by atoms with Crippen molar-refractivity contribution in [3.8, 4) is 0 Å². The van der Waals surface area contributed by atoms with Crippen molar-refractivity contribution in [2.24, 2.45) is 5.11 Å². The molecule has 250 valence electrons. The number of halogens is 3. The van der Waals surface area contributed by atoms with Gasteiger partial charge in [-0.05, 0) is 26.5 Å². The van der Waals surface area contributed by atoms with Crippen LogP contribution in [0.15, 0.2) is 96.1 Å². The van der Waals surface area contributed by atoms with Crippen LogP contribution in [0, 0.1) is 5.41 Å². The fourth-order valence-corrected chi connectivity index (χ4v) is 10.5. The van der Waals surface area contributed by atoms with Crippen molar-refractivity contribution in [1.82, 2.24) is 0 Å². The molecule has 4 rings (SSSR count). The smallest absolute Gasteiger partial charge is 0.303 e. The maximum atomic E-state index is 12.5. The number of nitrogens with one attached hydrogen (secondary N) is 1. The van der Waals surface area contributed by atoms with E-state index in [-0.39, 0.29) is 18.3 Å². The molecule has 5 atom stereocenters. The van der Waals surface area contributed by atoms with E-state index in [1.807, 2.05) is 66.7 Å². The molecule has 0 bridgehead atoms. The minimum atomic E-state index is -3.09. The van der Waals surface area contributed by atoms with E-state index in [2.05, 4.69) is 55.1 Å². The molecular formula is C33H37Cl3N4O6Si. The molecule has 3 aromatic rings. The van der Waals surface area contributed by atoms with E-state index in [1.54, 1.807) is 0 Å². The first-order chi connectivity index (χ1) is 22.3. The molecule has 0 saturated carbocycles. The normalized spacial score (nSPS) is 21.7. The van der Waals surface area contributed by atoms with E-state index in [1.165, 1.54) is 6.92 Å². The Morgan fingerprint density at radius 1 is 0.915 bits per heavy atom. The fraction of sp³-hybridized carbons (Fsp3) is 0.394. The SMILES string of the molecule is CC(=O)O[C@H]1[C@@H](OCc2ccccc2)[C@@H](CO[Si](c2ccccc2)(c2ccccc2)C(C)(C)C)OC(OC(=N)C(Cl)(Cl)Cl)[C@@H]1N=[N+]=[N-]. The van der Waals surface area contributed by atoms with Gasteiger partial charge in [0.05, 0.1) is 13.2 Å². The lowest BCUT2D eigenvalue weighted by molar-refractivity contribution is -0.259. The lowest BCUT2D eigenvalue weighted by atomic mass is 9.96. The summed E-state index contributed by atoms with van der Waals surface area (Å²) in [5, 5.41) is 13.8. The number of esters is 1. The molecule has 10 nitrogen and oxygen atoms in total. The predicted molar refractivity (Wildman–Crippen MR) is 185 cm³/mol. The summed E-state index contributed by atoms with van der Waals surface area (Å²) < 4.78 is 29.1. The Morgan fingerprint density at radius 3 is 1.91 bits per heavy atom. The highest BCUT2D eigenvalue weighted by molar-refractivity contribution is 6.99. The maximum Gasteiger partial charge on any atom is 0.303 e. The van der Waals surface area contributed by atoms with Crippen LogP contribution in [0.1, 0.15) is 33.3 Å². The molecule has 1 unspecified atom stereocenters. The summed E-state index contributed by atoms with van der Waals surface area (Å²) >= 11 is 17.8. The lowest BCUT2D eigenvalue weighted by Crippen LogP contribution is -2.68.